The lowest BCUT2D eigenvalue weighted by Gasteiger charge is -2.32. The molecule has 28 heavy (non-hydrogen) atoms. The number of benzene rings is 2. The van der Waals surface area contributed by atoms with E-state index in [2.05, 4.69) is 17.3 Å². The molecule has 2 aromatic rings. The van der Waals surface area contributed by atoms with E-state index in [4.69, 9.17) is 11.6 Å². The van der Waals surface area contributed by atoms with E-state index in [1.165, 1.54) is 11.8 Å². The molecule has 0 radical (unpaired) electrons. The first-order valence-corrected chi connectivity index (χ1v) is 10.3. The van der Waals surface area contributed by atoms with Gasteiger partial charge in [-0.05, 0) is 43.0 Å². The first-order valence-electron chi connectivity index (χ1n) is 9.08. The number of carbonyl (C=O) groups excluding carboxylic acids is 2. The summed E-state index contributed by atoms with van der Waals surface area (Å²) in [5.41, 5.74) is 2.07. The van der Waals surface area contributed by atoms with Crippen LogP contribution >= 0.6 is 23.4 Å². The van der Waals surface area contributed by atoms with E-state index in [0.29, 0.717) is 21.2 Å². The van der Waals surface area contributed by atoms with Gasteiger partial charge in [-0.15, -0.1) is 0 Å². The molecule has 0 unspecified atom stereocenters. The number of anilines is 1. The molecule has 1 saturated heterocycles. The largest absolute Gasteiger partial charge is 0.336 e. The Hall–Kier alpha value is -2.28. The van der Waals surface area contributed by atoms with Crippen LogP contribution in [0.4, 0.5) is 5.69 Å². The third-order valence-corrected chi connectivity index (χ3v) is 6.34. The second kappa shape index (κ2) is 7.99. The van der Waals surface area contributed by atoms with Crippen molar-refractivity contribution < 1.29 is 9.59 Å². The molecule has 0 aliphatic carbocycles. The topological polar surface area (TPSA) is 52.6 Å². The maximum absolute atomic E-state index is 12.8. The lowest BCUT2D eigenvalue weighted by molar-refractivity contribution is -0.112. The summed E-state index contributed by atoms with van der Waals surface area (Å²) >= 11 is 7.58. The third-order valence-electron chi connectivity index (χ3n) is 4.90. The molecule has 2 aromatic carbocycles. The zero-order valence-electron chi connectivity index (χ0n) is 15.4. The van der Waals surface area contributed by atoms with E-state index in [9.17, 15) is 9.59 Å². The molecule has 2 aliphatic rings. The lowest BCUT2D eigenvalue weighted by Crippen LogP contribution is -2.47. The predicted molar refractivity (Wildman–Crippen MR) is 114 cm³/mol. The van der Waals surface area contributed by atoms with Gasteiger partial charge < -0.3 is 15.1 Å². The molecule has 5 nitrogen and oxygen atoms in total. The monoisotopic (exact) mass is 413 g/mol. The van der Waals surface area contributed by atoms with Gasteiger partial charge in [0.25, 0.3) is 11.8 Å². The number of amides is 2. The van der Waals surface area contributed by atoms with Crippen LogP contribution in [0, 0.1) is 0 Å². The molecule has 2 heterocycles. The summed E-state index contributed by atoms with van der Waals surface area (Å²) in [6.07, 6.45) is 1.79. The summed E-state index contributed by atoms with van der Waals surface area (Å²) in [5, 5.41) is 3.50. The van der Waals surface area contributed by atoms with Crippen LogP contribution in [-0.4, -0.2) is 54.8 Å². The maximum atomic E-state index is 12.8. The number of piperazine rings is 1. The molecule has 4 rings (SSSR count). The number of hydrogen-bond acceptors (Lipinski definition) is 4. The van der Waals surface area contributed by atoms with Crippen molar-refractivity contribution in [2.75, 3.05) is 38.5 Å². The summed E-state index contributed by atoms with van der Waals surface area (Å²) < 4.78 is 0. The minimum absolute atomic E-state index is 0.00700. The Balaban J connectivity index is 1.55. The number of carbonyl (C=O) groups is 2. The highest BCUT2D eigenvalue weighted by Gasteiger charge is 2.25. The van der Waals surface area contributed by atoms with Crippen molar-refractivity contribution in [1.82, 2.24) is 9.80 Å². The molecule has 144 valence electrons. The molecular formula is C21H20ClN3O2S. The van der Waals surface area contributed by atoms with Gasteiger partial charge in [0.1, 0.15) is 0 Å². The van der Waals surface area contributed by atoms with Gasteiger partial charge >= 0.3 is 0 Å². The molecule has 0 spiro atoms. The van der Waals surface area contributed by atoms with Crippen molar-refractivity contribution in [3.63, 3.8) is 0 Å². The number of thioether (sulfide) groups is 1. The number of halogens is 1. The maximum Gasteiger partial charge on any atom is 0.262 e. The van der Waals surface area contributed by atoms with Crippen molar-refractivity contribution in [2.45, 2.75) is 4.90 Å². The average Bonchev–Trinajstić information content (AvgIpc) is 2.70. The van der Waals surface area contributed by atoms with E-state index in [-0.39, 0.29) is 11.8 Å². The number of hydrogen-bond donors (Lipinski definition) is 1. The second-order valence-corrected chi connectivity index (χ2v) is 8.38. The predicted octanol–water partition coefficient (Wildman–Crippen LogP) is 3.81. The first kappa shape index (κ1) is 19.1. The Morgan fingerprint density at radius 1 is 1.14 bits per heavy atom. The third kappa shape index (κ3) is 3.94. The molecule has 7 heteroatoms. The fourth-order valence-corrected chi connectivity index (χ4v) is 4.33. The van der Waals surface area contributed by atoms with Crippen molar-refractivity contribution in [1.29, 1.82) is 0 Å². The average molecular weight is 414 g/mol. The number of rotatable bonds is 2. The standard InChI is InChI=1S/C21H20ClN3O2S/c1-24-8-10-25(11-9-24)21(27)15-6-7-18-17(12-15)23-20(26)19(28-18)13-14-4-2-3-5-16(14)22/h2-7,12-13H,8-11H2,1H3,(H,23,26)/b19-13-. The van der Waals surface area contributed by atoms with Crippen molar-refractivity contribution in [3.05, 3.63) is 63.5 Å². The van der Waals surface area contributed by atoms with Crippen LogP contribution in [0.15, 0.2) is 52.3 Å². The van der Waals surface area contributed by atoms with Gasteiger partial charge in [-0.1, -0.05) is 41.6 Å². The van der Waals surface area contributed by atoms with Gasteiger partial charge in [0, 0.05) is 41.7 Å². The quantitative estimate of drug-likeness (QED) is 0.760. The van der Waals surface area contributed by atoms with E-state index in [1.54, 1.807) is 18.2 Å². The molecule has 1 N–H and O–H groups in total. The zero-order chi connectivity index (χ0) is 19.7. The smallest absolute Gasteiger partial charge is 0.262 e. The molecular weight excluding hydrogens is 394 g/mol. The normalized spacial score (nSPS) is 18.7. The first-order chi connectivity index (χ1) is 13.5. The summed E-state index contributed by atoms with van der Waals surface area (Å²) in [6.45, 7) is 3.19. The minimum Gasteiger partial charge on any atom is -0.336 e. The van der Waals surface area contributed by atoms with Gasteiger partial charge in [-0.25, -0.2) is 0 Å². The van der Waals surface area contributed by atoms with Crippen molar-refractivity contribution in [2.24, 2.45) is 0 Å². The van der Waals surface area contributed by atoms with Crippen LogP contribution in [0.2, 0.25) is 5.02 Å². The highest BCUT2D eigenvalue weighted by atomic mass is 35.5. The minimum atomic E-state index is -0.193. The molecule has 2 aliphatic heterocycles. The lowest BCUT2D eigenvalue weighted by atomic mass is 10.1. The van der Waals surface area contributed by atoms with Gasteiger partial charge in [-0.3, -0.25) is 9.59 Å². The second-order valence-electron chi connectivity index (χ2n) is 6.89. The van der Waals surface area contributed by atoms with Gasteiger partial charge in [-0.2, -0.15) is 0 Å². The molecule has 1 fully saturated rings. The Labute approximate surface area is 173 Å². The molecule has 2 amide bonds. The molecule has 0 saturated carbocycles. The van der Waals surface area contributed by atoms with Crippen LogP contribution in [0.5, 0.6) is 0 Å². The zero-order valence-corrected chi connectivity index (χ0v) is 17.0. The van der Waals surface area contributed by atoms with Crippen molar-refractivity contribution >= 4 is 46.9 Å². The fourth-order valence-electron chi connectivity index (χ4n) is 3.22. The Morgan fingerprint density at radius 2 is 1.89 bits per heavy atom. The van der Waals surface area contributed by atoms with E-state index >= 15 is 0 Å². The summed E-state index contributed by atoms with van der Waals surface area (Å²) in [6, 6.07) is 12.9. The van der Waals surface area contributed by atoms with Crippen LogP contribution < -0.4 is 5.32 Å². The number of fused-ring (bicyclic) bond motifs is 1. The Morgan fingerprint density at radius 3 is 2.64 bits per heavy atom. The van der Waals surface area contributed by atoms with Crippen LogP contribution in [0.3, 0.4) is 0 Å². The molecule has 0 atom stereocenters. The summed E-state index contributed by atoms with van der Waals surface area (Å²) in [7, 11) is 2.06. The highest BCUT2D eigenvalue weighted by molar-refractivity contribution is 8.04. The highest BCUT2D eigenvalue weighted by Crippen LogP contribution is 2.40. The number of likely N-dealkylation sites (N-methyl/N-ethyl adjacent to an activating group) is 1. The summed E-state index contributed by atoms with van der Waals surface area (Å²) in [5.74, 6) is -0.186. The van der Waals surface area contributed by atoms with E-state index in [0.717, 1.165) is 36.6 Å². The van der Waals surface area contributed by atoms with Crippen LogP contribution in [0.1, 0.15) is 15.9 Å². The summed E-state index contributed by atoms with van der Waals surface area (Å²) in [4.78, 5) is 30.9. The Kier molecular flexibility index (Phi) is 5.44. The molecule has 0 bridgehead atoms. The number of nitrogens with one attached hydrogen (secondary N) is 1. The molecule has 0 aromatic heterocycles. The van der Waals surface area contributed by atoms with Crippen LogP contribution in [-0.2, 0) is 4.79 Å². The van der Waals surface area contributed by atoms with E-state index in [1.807, 2.05) is 35.2 Å². The number of nitrogens with zero attached hydrogens (tertiary/aromatic N) is 2. The SMILES string of the molecule is CN1CCN(C(=O)c2ccc3c(c2)NC(=O)/C(=C/c2ccccc2Cl)S3)CC1. The van der Waals surface area contributed by atoms with Crippen LogP contribution in [0.25, 0.3) is 6.08 Å². The fraction of sp³-hybridized carbons (Fsp3) is 0.238. The van der Waals surface area contributed by atoms with Crippen molar-refractivity contribution in [3.8, 4) is 0 Å². The van der Waals surface area contributed by atoms with Gasteiger partial charge in [0.2, 0.25) is 0 Å². The van der Waals surface area contributed by atoms with E-state index < -0.39 is 0 Å². The van der Waals surface area contributed by atoms with Gasteiger partial charge in [0.15, 0.2) is 0 Å². The van der Waals surface area contributed by atoms with Gasteiger partial charge in [0.05, 0.1) is 10.6 Å². The Bertz CT molecular complexity index is 968.